The molecule has 0 saturated carbocycles. The molecule has 5 nitrogen and oxygen atoms in total. The average Bonchev–Trinajstić information content (AvgIpc) is 2.96. The number of thioether (sulfide) groups is 1. The predicted molar refractivity (Wildman–Crippen MR) is 107 cm³/mol. The fourth-order valence-corrected chi connectivity index (χ4v) is 3.58. The van der Waals surface area contributed by atoms with Gasteiger partial charge in [0.1, 0.15) is 5.82 Å². The van der Waals surface area contributed by atoms with Crippen molar-refractivity contribution in [3.63, 3.8) is 0 Å². The second kappa shape index (κ2) is 9.32. The van der Waals surface area contributed by atoms with Crippen LogP contribution < -0.4 is 5.32 Å². The van der Waals surface area contributed by atoms with E-state index in [-0.39, 0.29) is 29.5 Å². The van der Waals surface area contributed by atoms with E-state index in [9.17, 15) is 18.8 Å². The maximum Gasteiger partial charge on any atom is 0.293 e. The van der Waals surface area contributed by atoms with Gasteiger partial charge in [-0.3, -0.25) is 19.3 Å². The van der Waals surface area contributed by atoms with Gasteiger partial charge in [0.2, 0.25) is 5.91 Å². The summed E-state index contributed by atoms with van der Waals surface area (Å²) in [5, 5.41) is 2.30. The average molecular weight is 398 g/mol. The number of nitrogens with zero attached hydrogens (tertiary/aromatic N) is 1. The summed E-state index contributed by atoms with van der Waals surface area (Å²) in [6.07, 6.45) is 2.33. The molecule has 0 atom stereocenters. The van der Waals surface area contributed by atoms with Crippen LogP contribution in [0.2, 0.25) is 0 Å². The zero-order valence-corrected chi connectivity index (χ0v) is 15.9. The highest BCUT2D eigenvalue weighted by atomic mass is 32.2. The molecule has 1 fully saturated rings. The standard InChI is InChI=1S/C21H19FN2O3S/c22-17-9-5-4-8-16(17)14-18-20(26)24(21(27)28-18)13-12-23-19(25)11-10-15-6-2-1-3-7-15/h1-9,14H,10-13H2,(H,23,25)/b18-14-. The van der Waals surface area contributed by atoms with Gasteiger partial charge in [-0.05, 0) is 35.9 Å². The van der Waals surface area contributed by atoms with Crippen LogP contribution in [-0.2, 0) is 16.0 Å². The smallest absolute Gasteiger partial charge is 0.293 e. The summed E-state index contributed by atoms with van der Waals surface area (Å²) in [7, 11) is 0. The van der Waals surface area contributed by atoms with E-state index in [1.807, 2.05) is 30.3 Å². The van der Waals surface area contributed by atoms with Gasteiger partial charge >= 0.3 is 0 Å². The van der Waals surface area contributed by atoms with E-state index in [2.05, 4.69) is 5.32 Å². The van der Waals surface area contributed by atoms with Crippen molar-refractivity contribution in [1.82, 2.24) is 10.2 Å². The minimum Gasteiger partial charge on any atom is -0.354 e. The van der Waals surface area contributed by atoms with E-state index in [4.69, 9.17) is 0 Å². The Bertz CT molecular complexity index is 915. The van der Waals surface area contributed by atoms with Gasteiger partial charge in [0.25, 0.3) is 11.1 Å². The van der Waals surface area contributed by atoms with Gasteiger partial charge in [0.05, 0.1) is 4.91 Å². The van der Waals surface area contributed by atoms with Gasteiger partial charge in [-0.15, -0.1) is 0 Å². The number of rotatable bonds is 7. The van der Waals surface area contributed by atoms with Gasteiger partial charge in [0, 0.05) is 25.1 Å². The first kappa shape index (κ1) is 19.8. The number of carbonyl (C=O) groups excluding carboxylic acids is 3. The summed E-state index contributed by atoms with van der Waals surface area (Å²) in [5.41, 5.74) is 1.32. The summed E-state index contributed by atoms with van der Waals surface area (Å²) in [6, 6.07) is 15.7. The SMILES string of the molecule is O=C(CCc1ccccc1)NCCN1C(=O)S/C(=C\c2ccccc2F)C1=O. The lowest BCUT2D eigenvalue weighted by Gasteiger charge is -2.13. The number of hydrogen-bond acceptors (Lipinski definition) is 4. The topological polar surface area (TPSA) is 66.5 Å². The second-order valence-electron chi connectivity index (χ2n) is 6.19. The third-order valence-corrected chi connectivity index (χ3v) is 5.11. The number of carbonyl (C=O) groups is 3. The number of halogens is 1. The minimum absolute atomic E-state index is 0.0797. The Morgan fingerprint density at radius 1 is 1.07 bits per heavy atom. The first-order valence-corrected chi connectivity index (χ1v) is 9.67. The molecule has 0 bridgehead atoms. The number of amides is 3. The molecule has 1 saturated heterocycles. The maximum absolute atomic E-state index is 13.7. The first-order chi connectivity index (χ1) is 13.5. The maximum atomic E-state index is 13.7. The van der Waals surface area contributed by atoms with E-state index in [1.54, 1.807) is 12.1 Å². The molecular weight excluding hydrogens is 379 g/mol. The van der Waals surface area contributed by atoms with Crippen LogP contribution >= 0.6 is 11.8 Å². The number of hydrogen-bond donors (Lipinski definition) is 1. The van der Waals surface area contributed by atoms with Crippen molar-refractivity contribution in [3.8, 4) is 0 Å². The molecule has 0 radical (unpaired) electrons. The van der Waals surface area contributed by atoms with Crippen molar-refractivity contribution in [2.24, 2.45) is 0 Å². The molecule has 1 heterocycles. The lowest BCUT2D eigenvalue weighted by Crippen LogP contribution is -2.37. The van der Waals surface area contributed by atoms with E-state index in [0.29, 0.717) is 12.8 Å². The Morgan fingerprint density at radius 3 is 2.54 bits per heavy atom. The molecule has 1 aliphatic heterocycles. The molecule has 0 aromatic heterocycles. The summed E-state index contributed by atoms with van der Waals surface area (Å²) in [4.78, 5) is 37.7. The molecule has 1 N–H and O–H groups in total. The zero-order valence-electron chi connectivity index (χ0n) is 15.1. The Kier molecular flexibility index (Phi) is 6.60. The number of nitrogens with one attached hydrogen (secondary N) is 1. The highest BCUT2D eigenvalue weighted by Crippen LogP contribution is 2.32. The van der Waals surface area contributed by atoms with Crippen LogP contribution in [0.25, 0.3) is 6.08 Å². The molecule has 144 valence electrons. The molecule has 0 unspecified atom stereocenters. The summed E-state index contributed by atoms with van der Waals surface area (Å²) in [6.45, 7) is 0.259. The van der Waals surface area contributed by atoms with Crippen LogP contribution in [0.5, 0.6) is 0 Å². The highest BCUT2D eigenvalue weighted by Gasteiger charge is 2.34. The highest BCUT2D eigenvalue weighted by molar-refractivity contribution is 8.18. The first-order valence-electron chi connectivity index (χ1n) is 8.85. The van der Waals surface area contributed by atoms with Crippen molar-refractivity contribution in [1.29, 1.82) is 0 Å². The lowest BCUT2D eigenvalue weighted by atomic mass is 10.1. The van der Waals surface area contributed by atoms with E-state index in [1.165, 1.54) is 18.2 Å². The number of imide groups is 1. The lowest BCUT2D eigenvalue weighted by molar-refractivity contribution is -0.124. The monoisotopic (exact) mass is 398 g/mol. The third-order valence-electron chi connectivity index (χ3n) is 4.21. The summed E-state index contributed by atoms with van der Waals surface area (Å²) in [5.74, 6) is -1.07. The van der Waals surface area contributed by atoms with Gasteiger partial charge in [-0.1, -0.05) is 48.5 Å². The third kappa shape index (κ3) is 5.07. The van der Waals surface area contributed by atoms with Gasteiger partial charge < -0.3 is 5.32 Å². The molecule has 1 aliphatic rings. The molecule has 28 heavy (non-hydrogen) atoms. The predicted octanol–water partition coefficient (Wildman–Crippen LogP) is 3.61. The number of aryl methyl sites for hydroxylation is 1. The molecule has 2 aromatic rings. The fourth-order valence-electron chi connectivity index (χ4n) is 2.72. The van der Waals surface area contributed by atoms with Crippen molar-refractivity contribution in [2.75, 3.05) is 13.1 Å². The second-order valence-corrected chi connectivity index (χ2v) is 7.18. The molecule has 0 spiro atoms. The largest absolute Gasteiger partial charge is 0.354 e. The fraction of sp³-hybridized carbons (Fsp3) is 0.190. The Balaban J connectivity index is 1.49. The molecule has 3 amide bonds. The van der Waals surface area contributed by atoms with Crippen LogP contribution in [0.15, 0.2) is 59.5 Å². The van der Waals surface area contributed by atoms with Crippen LogP contribution in [-0.4, -0.2) is 35.0 Å². The zero-order chi connectivity index (χ0) is 19.9. The van der Waals surface area contributed by atoms with Crippen molar-refractivity contribution in [3.05, 3.63) is 76.4 Å². The molecule has 2 aromatic carbocycles. The van der Waals surface area contributed by atoms with Crippen LogP contribution in [0, 0.1) is 5.82 Å². The Hall–Kier alpha value is -2.93. The van der Waals surface area contributed by atoms with Crippen molar-refractivity contribution < 1.29 is 18.8 Å². The van der Waals surface area contributed by atoms with E-state index in [0.717, 1.165) is 22.2 Å². The quantitative estimate of drug-likeness (QED) is 0.724. The van der Waals surface area contributed by atoms with E-state index >= 15 is 0 Å². The van der Waals surface area contributed by atoms with E-state index < -0.39 is 17.0 Å². The Morgan fingerprint density at radius 2 is 1.79 bits per heavy atom. The Labute approximate surface area is 166 Å². The molecule has 3 rings (SSSR count). The van der Waals surface area contributed by atoms with Crippen LogP contribution in [0.1, 0.15) is 17.5 Å². The van der Waals surface area contributed by atoms with Gasteiger partial charge in [-0.2, -0.15) is 0 Å². The minimum atomic E-state index is -0.475. The van der Waals surface area contributed by atoms with Gasteiger partial charge in [-0.25, -0.2) is 4.39 Å². The summed E-state index contributed by atoms with van der Waals surface area (Å²) < 4.78 is 13.7. The van der Waals surface area contributed by atoms with Gasteiger partial charge in [0.15, 0.2) is 0 Å². The van der Waals surface area contributed by atoms with Crippen molar-refractivity contribution in [2.45, 2.75) is 12.8 Å². The number of benzene rings is 2. The van der Waals surface area contributed by atoms with Crippen LogP contribution in [0.3, 0.4) is 0 Å². The molecular formula is C21H19FN2O3S. The molecule has 0 aliphatic carbocycles. The normalized spacial score (nSPS) is 15.3. The van der Waals surface area contributed by atoms with Crippen molar-refractivity contribution >= 4 is 34.9 Å². The summed E-state index contributed by atoms with van der Waals surface area (Å²) >= 11 is 0.771. The molecule has 7 heteroatoms. The van der Waals surface area contributed by atoms with Crippen LogP contribution in [0.4, 0.5) is 9.18 Å².